The minimum absolute atomic E-state index is 0.150. The zero-order valence-corrected chi connectivity index (χ0v) is 23.2. The Morgan fingerprint density at radius 2 is 1.95 bits per heavy atom. The summed E-state index contributed by atoms with van der Waals surface area (Å²) in [4.78, 5) is 2.57. The van der Waals surface area contributed by atoms with E-state index in [2.05, 4.69) is 22.5 Å². The van der Waals surface area contributed by atoms with Gasteiger partial charge in [-0.1, -0.05) is 12.0 Å². The van der Waals surface area contributed by atoms with E-state index in [1.807, 2.05) is 11.0 Å². The van der Waals surface area contributed by atoms with Crippen LogP contribution in [0.1, 0.15) is 18.5 Å². The van der Waals surface area contributed by atoms with Crippen molar-refractivity contribution in [3.8, 4) is 17.6 Å². The van der Waals surface area contributed by atoms with Crippen LogP contribution in [0.25, 0.3) is 10.9 Å². The van der Waals surface area contributed by atoms with Crippen LogP contribution in [0.4, 0.5) is 24.5 Å². The fourth-order valence-electron chi connectivity index (χ4n) is 4.60. The zero-order valence-electron chi connectivity index (χ0n) is 21.6. The van der Waals surface area contributed by atoms with Crippen LogP contribution in [-0.4, -0.2) is 64.0 Å². The highest BCUT2D eigenvalue weighted by Crippen LogP contribution is 2.31. The topological polar surface area (TPSA) is 84.6 Å². The largest absolute Gasteiger partial charge is 0.495 e. The number of methoxy groups -OCH3 is 1. The molecule has 2 heterocycles. The van der Waals surface area contributed by atoms with Gasteiger partial charge in [0.25, 0.3) is 0 Å². The first-order valence-electron chi connectivity index (χ1n) is 12.3. The third-order valence-electron chi connectivity index (χ3n) is 6.54. The van der Waals surface area contributed by atoms with Crippen molar-refractivity contribution in [3.05, 3.63) is 48.2 Å². The van der Waals surface area contributed by atoms with E-state index < -0.39 is 23.5 Å². The summed E-state index contributed by atoms with van der Waals surface area (Å²) in [6.45, 7) is 0.482. The van der Waals surface area contributed by atoms with Crippen LogP contribution in [0, 0.1) is 11.8 Å². The van der Waals surface area contributed by atoms with Crippen LogP contribution in [0.5, 0.6) is 5.75 Å². The van der Waals surface area contributed by atoms with E-state index in [9.17, 15) is 17.4 Å². The molecule has 1 aliphatic heterocycles. The molecule has 0 aliphatic carbocycles. The first-order valence-corrected chi connectivity index (χ1v) is 14.3. The van der Waals surface area contributed by atoms with Gasteiger partial charge in [-0.25, -0.2) is 0 Å². The lowest BCUT2D eigenvalue weighted by molar-refractivity contribution is -0.140. The summed E-state index contributed by atoms with van der Waals surface area (Å²) in [6, 6.07) is 12.3. The van der Waals surface area contributed by atoms with E-state index in [-0.39, 0.29) is 18.3 Å². The minimum Gasteiger partial charge on any atom is -0.495 e. The van der Waals surface area contributed by atoms with E-state index in [0.717, 1.165) is 31.6 Å². The minimum atomic E-state index is -4.41. The Hall–Kier alpha value is -3.43. The Balaban J connectivity index is 1.57. The number of thiocarbonyl (C=S) groups is 1. The molecule has 1 atom stereocenters. The Morgan fingerprint density at radius 3 is 2.59 bits per heavy atom. The summed E-state index contributed by atoms with van der Waals surface area (Å²) in [5.41, 5.74) is 7.87. The first-order chi connectivity index (χ1) is 18.6. The molecule has 208 valence electrons. The lowest BCUT2D eigenvalue weighted by Crippen LogP contribution is -2.44. The third kappa shape index (κ3) is 7.16. The van der Waals surface area contributed by atoms with Gasteiger partial charge in [-0.2, -0.15) is 13.2 Å². The molecule has 1 aromatic heterocycles. The molecule has 0 bridgehead atoms. The number of hydrogen-bond donors (Lipinski definition) is 3. The number of nitrogens with two attached hydrogens (primary N) is 1. The highest BCUT2D eigenvalue weighted by atomic mass is 32.2. The van der Waals surface area contributed by atoms with Crippen molar-refractivity contribution in [1.29, 1.82) is 0 Å². The average molecular weight is 578 g/mol. The number of fused-ring (bicyclic) bond motifs is 1. The molecule has 3 aromatic rings. The van der Waals surface area contributed by atoms with Crippen LogP contribution in [0.2, 0.25) is 0 Å². The van der Waals surface area contributed by atoms with E-state index in [4.69, 9.17) is 22.7 Å². The number of nitrogens with one attached hydrogen (secondary N) is 2. The predicted octanol–water partition coefficient (Wildman–Crippen LogP) is 4.53. The summed E-state index contributed by atoms with van der Waals surface area (Å²) in [5.74, 6) is 6.34. The summed E-state index contributed by atoms with van der Waals surface area (Å²) in [6.07, 6.45) is -1.21. The molecule has 39 heavy (non-hydrogen) atoms. The SMILES string of the molecule is COc1cc(S(C)=O)ccc1NCC#Cc1cc2c(NC3CCN(C(N)=S)CC3)cccc2n1CC(F)(F)F. The Morgan fingerprint density at radius 1 is 1.21 bits per heavy atom. The average Bonchev–Trinajstić information content (AvgIpc) is 3.23. The van der Waals surface area contributed by atoms with E-state index in [1.54, 1.807) is 42.7 Å². The molecule has 1 saturated heterocycles. The molecule has 1 unspecified atom stereocenters. The van der Waals surface area contributed by atoms with Gasteiger partial charge in [0.2, 0.25) is 0 Å². The highest BCUT2D eigenvalue weighted by Gasteiger charge is 2.30. The van der Waals surface area contributed by atoms with Crippen LogP contribution in [-0.2, 0) is 17.3 Å². The van der Waals surface area contributed by atoms with Crippen LogP contribution < -0.4 is 21.1 Å². The molecule has 0 spiro atoms. The number of hydrogen-bond acceptors (Lipinski definition) is 5. The zero-order chi connectivity index (χ0) is 28.2. The van der Waals surface area contributed by atoms with Crippen molar-refractivity contribution in [3.63, 3.8) is 0 Å². The van der Waals surface area contributed by atoms with Crippen molar-refractivity contribution in [2.24, 2.45) is 5.73 Å². The predicted molar refractivity (Wildman–Crippen MR) is 154 cm³/mol. The summed E-state index contributed by atoms with van der Waals surface area (Å²) in [7, 11) is 0.349. The number of benzene rings is 2. The number of anilines is 2. The highest BCUT2D eigenvalue weighted by molar-refractivity contribution is 7.84. The monoisotopic (exact) mass is 577 g/mol. The van der Waals surface area contributed by atoms with Gasteiger partial charge < -0.3 is 30.6 Å². The second-order valence-corrected chi connectivity index (χ2v) is 11.0. The van der Waals surface area contributed by atoms with Gasteiger partial charge in [-0.3, -0.25) is 4.21 Å². The van der Waals surface area contributed by atoms with Gasteiger partial charge in [-0.05, 0) is 67.4 Å². The molecular formula is C27H30F3N5O2S2. The summed E-state index contributed by atoms with van der Waals surface area (Å²) >= 11 is 5.06. The Labute approximate surface area is 233 Å². The number of aromatic nitrogens is 1. The number of ether oxygens (including phenoxy) is 1. The second-order valence-electron chi connectivity index (χ2n) is 9.18. The maximum atomic E-state index is 13.5. The number of alkyl halides is 3. The fourth-order valence-corrected chi connectivity index (χ4v) is 5.31. The smallest absolute Gasteiger partial charge is 0.406 e. The molecule has 4 N–H and O–H groups in total. The van der Waals surface area contributed by atoms with Crippen molar-refractivity contribution in [2.45, 2.75) is 36.5 Å². The van der Waals surface area contributed by atoms with Gasteiger partial charge in [0.15, 0.2) is 5.11 Å². The van der Waals surface area contributed by atoms with Gasteiger partial charge >= 0.3 is 6.18 Å². The first kappa shape index (κ1) is 28.6. The standard InChI is InChI=1S/C27H30F3N5O2S2/c1-37-25-16-20(39(2)36)8-9-23(25)32-12-4-5-19-15-21-22(33-18-10-13-34(14-11-18)26(31)38)6-3-7-24(21)35(19)17-27(28,29)30/h3,6-9,15-16,18,32-33H,10-14,17H2,1-2H3,(H2,31,38). The number of likely N-dealkylation sites (tertiary alicyclic amines) is 1. The summed E-state index contributed by atoms with van der Waals surface area (Å²) < 4.78 is 58.9. The normalized spacial score (nSPS) is 14.9. The third-order valence-corrected chi connectivity index (χ3v) is 7.71. The quantitative estimate of drug-likeness (QED) is 0.281. The van der Waals surface area contributed by atoms with E-state index in [1.165, 1.54) is 11.7 Å². The van der Waals surface area contributed by atoms with Gasteiger partial charge in [0.05, 0.1) is 30.6 Å². The number of halogens is 3. The molecule has 1 aliphatic rings. The lowest BCUT2D eigenvalue weighted by Gasteiger charge is -2.33. The molecule has 4 rings (SSSR count). The Kier molecular flexibility index (Phi) is 8.92. The van der Waals surface area contributed by atoms with Crippen molar-refractivity contribution >= 4 is 50.4 Å². The van der Waals surface area contributed by atoms with Crippen molar-refractivity contribution in [1.82, 2.24) is 9.47 Å². The second kappa shape index (κ2) is 12.2. The number of rotatable bonds is 7. The molecular weight excluding hydrogens is 547 g/mol. The van der Waals surface area contributed by atoms with Gasteiger partial charge in [0, 0.05) is 52.2 Å². The van der Waals surface area contributed by atoms with Gasteiger partial charge in [0.1, 0.15) is 12.3 Å². The molecule has 12 heteroatoms. The van der Waals surface area contributed by atoms with Gasteiger partial charge in [-0.15, -0.1) is 0 Å². The number of piperidine rings is 1. The summed E-state index contributed by atoms with van der Waals surface area (Å²) in [5, 5.41) is 7.68. The van der Waals surface area contributed by atoms with Crippen LogP contribution >= 0.6 is 12.2 Å². The maximum absolute atomic E-state index is 13.5. The fraction of sp³-hybridized carbons (Fsp3) is 0.370. The van der Waals surface area contributed by atoms with Crippen molar-refractivity contribution in [2.75, 3.05) is 43.6 Å². The van der Waals surface area contributed by atoms with E-state index >= 15 is 0 Å². The molecule has 2 aromatic carbocycles. The maximum Gasteiger partial charge on any atom is 0.406 e. The molecule has 0 saturated carbocycles. The molecule has 0 amide bonds. The lowest BCUT2D eigenvalue weighted by atomic mass is 10.0. The number of nitrogens with zero attached hydrogens (tertiary/aromatic N) is 2. The van der Waals surface area contributed by atoms with Crippen LogP contribution in [0.15, 0.2) is 47.4 Å². The van der Waals surface area contributed by atoms with E-state index in [0.29, 0.717) is 32.3 Å². The van der Waals surface area contributed by atoms with Crippen LogP contribution in [0.3, 0.4) is 0 Å². The van der Waals surface area contributed by atoms with Crippen molar-refractivity contribution < 1.29 is 22.1 Å². The molecule has 1 fully saturated rings. The molecule has 0 radical (unpaired) electrons. The molecule has 7 nitrogen and oxygen atoms in total. The Bertz CT molecular complexity index is 1440.